The maximum absolute atomic E-state index is 12.7. The number of amides is 1. The molecule has 1 amide bonds. The SMILES string of the molecule is COc1cccc(C(=O)OC(C)C(=O)Nc2c(C)nn(C)c2C)c1OC(F)F. The number of halogens is 2. The molecule has 0 bridgehead atoms. The van der Waals surface area contributed by atoms with Crippen molar-refractivity contribution in [1.82, 2.24) is 9.78 Å². The molecular formula is C18H21F2N3O5. The molecule has 0 saturated heterocycles. The standard InChI is InChI=1S/C18H21F2N3O5/c1-9-14(10(2)23(4)22-9)21-16(24)11(3)27-17(25)12-7-6-8-13(26-5)15(12)28-18(19)20/h6-8,11,18H,1-5H3,(H,21,24). The zero-order valence-corrected chi connectivity index (χ0v) is 16.1. The van der Waals surface area contributed by atoms with E-state index in [0.717, 1.165) is 5.69 Å². The number of carbonyl (C=O) groups excluding carboxylic acids is 2. The van der Waals surface area contributed by atoms with Gasteiger partial charge in [0.05, 0.1) is 24.2 Å². The molecule has 0 aliphatic rings. The molecule has 2 aromatic rings. The highest BCUT2D eigenvalue weighted by molar-refractivity contribution is 5.99. The largest absolute Gasteiger partial charge is 0.493 e. The minimum atomic E-state index is -3.17. The molecule has 152 valence electrons. The van der Waals surface area contributed by atoms with Crippen LogP contribution in [0, 0.1) is 13.8 Å². The van der Waals surface area contributed by atoms with Crippen LogP contribution < -0.4 is 14.8 Å². The monoisotopic (exact) mass is 397 g/mol. The quantitative estimate of drug-likeness (QED) is 0.723. The third-order valence-electron chi connectivity index (χ3n) is 4.04. The zero-order chi connectivity index (χ0) is 21.0. The molecule has 0 spiro atoms. The van der Waals surface area contributed by atoms with Gasteiger partial charge >= 0.3 is 12.6 Å². The van der Waals surface area contributed by atoms with E-state index in [1.165, 1.54) is 32.2 Å². The predicted octanol–water partition coefficient (Wildman–Crippen LogP) is 2.83. The number of nitrogens with one attached hydrogen (secondary N) is 1. The number of carbonyl (C=O) groups is 2. The van der Waals surface area contributed by atoms with Crippen LogP contribution in [0.5, 0.6) is 11.5 Å². The number of aryl methyl sites for hydroxylation is 2. The first-order chi connectivity index (χ1) is 13.1. The van der Waals surface area contributed by atoms with Gasteiger partial charge in [0.2, 0.25) is 0 Å². The molecule has 0 aliphatic carbocycles. The van der Waals surface area contributed by atoms with Crippen LogP contribution in [0.4, 0.5) is 14.5 Å². The summed E-state index contributed by atoms with van der Waals surface area (Å²) in [6.07, 6.45) is -1.20. The average molecular weight is 397 g/mol. The summed E-state index contributed by atoms with van der Waals surface area (Å²) in [5, 5.41) is 6.83. The first-order valence-corrected chi connectivity index (χ1v) is 8.29. The second kappa shape index (κ2) is 8.68. The van der Waals surface area contributed by atoms with Crippen LogP contribution in [-0.2, 0) is 16.6 Å². The Kier molecular flexibility index (Phi) is 6.55. The number of aromatic nitrogens is 2. The summed E-state index contributed by atoms with van der Waals surface area (Å²) in [5.74, 6) is -2.12. The van der Waals surface area contributed by atoms with Gasteiger partial charge in [-0.2, -0.15) is 13.9 Å². The Balaban J connectivity index is 2.17. The third kappa shape index (κ3) is 4.56. The summed E-state index contributed by atoms with van der Waals surface area (Å²) in [7, 11) is 2.98. The van der Waals surface area contributed by atoms with Crippen LogP contribution in [0.1, 0.15) is 28.7 Å². The van der Waals surface area contributed by atoms with Crippen molar-refractivity contribution in [2.45, 2.75) is 33.5 Å². The number of para-hydroxylation sites is 1. The van der Waals surface area contributed by atoms with Gasteiger partial charge in [-0.05, 0) is 32.9 Å². The molecule has 1 heterocycles. The van der Waals surface area contributed by atoms with Gasteiger partial charge in [0.25, 0.3) is 5.91 Å². The van der Waals surface area contributed by atoms with Crippen molar-refractivity contribution in [3.05, 3.63) is 35.2 Å². The normalized spacial score (nSPS) is 11.9. The van der Waals surface area contributed by atoms with Crippen molar-refractivity contribution in [2.24, 2.45) is 7.05 Å². The molecule has 28 heavy (non-hydrogen) atoms. The summed E-state index contributed by atoms with van der Waals surface area (Å²) in [4.78, 5) is 24.8. The van der Waals surface area contributed by atoms with E-state index < -0.39 is 30.3 Å². The van der Waals surface area contributed by atoms with Gasteiger partial charge in [-0.1, -0.05) is 6.07 Å². The molecule has 10 heteroatoms. The average Bonchev–Trinajstić information content (AvgIpc) is 2.87. The summed E-state index contributed by atoms with van der Waals surface area (Å²) in [6, 6.07) is 4.02. The van der Waals surface area contributed by atoms with E-state index in [-0.39, 0.29) is 11.3 Å². The Morgan fingerprint density at radius 1 is 1.25 bits per heavy atom. The van der Waals surface area contributed by atoms with Crippen LogP contribution in [-0.4, -0.2) is 41.5 Å². The number of benzene rings is 1. The highest BCUT2D eigenvalue weighted by Gasteiger charge is 2.26. The summed E-state index contributed by atoms with van der Waals surface area (Å²) in [5.41, 5.74) is 1.56. The fraction of sp³-hybridized carbons (Fsp3) is 0.389. The number of hydrogen-bond acceptors (Lipinski definition) is 6. The Morgan fingerprint density at radius 3 is 2.46 bits per heavy atom. The van der Waals surface area contributed by atoms with Gasteiger partial charge in [-0.25, -0.2) is 4.79 Å². The lowest BCUT2D eigenvalue weighted by Gasteiger charge is -2.16. The van der Waals surface area contributed by atoms with Gasteiger partial charge in [-0.3, -0.25) is 9.48 Å². The smallest absolute Gasteiger partial charge is 0.387 e. The highest BCUT2D eigenvalue weighted by Crippen LogP contribution is 2.33. The van der Waals surface area contributed by atoms with Crippen LogP contribution in [0.25, 0.3) is 0 Å². The van der Waals surface area contributed by atoms with Gasteiger partial charge in [-0.15, -0.1) is 0 Å². The molecular weight excluding hydrogens is 376 g/mol. The van der Waals surface area contributed by atoms with Crippen molar-refractivity contribution in [2.75, 3.05) is 12.4 Å². The second-order valence-corrected chi connectivity index (χ2v) is 5.92. The van der Waals surface area contributed by atoms with E-state index in [1.807, 2.05) is 0 Å². The molecule has 1 aromatic carbocycles. The number of alkyl halides is 2. The summed E-state index contributed by atoms with van der Waals surface area (Å²) < 4.78 is 41.4. The van der Waals surface area contributed by atoms with E-state index in [2.05, 4.69) is 15.2 Å². The molecule has 8 nitrogen and oxygen atoms in total. The lowest BCUT2D eigenvalue weighted by molar-refractivity contribution is -0.123. The second-order valence-electron chi connectivity index (χ2n) is 5.92. The molecule has 1 atom stereocenters. The first-order valence-electron chi connectivity index (χ1n) is 8.29. The van der Waals surface area contributed by atoms with E-state index in [9.17, 15) is 18.4 Å². The van der Waals surface area contributed by atoms with Crippen molar-refractivity contribution in [3.63, 3.8) is 0 Å². The van der Waals surface area contributed by atoms with Crippen LogP contribution in [0.3, 0.4) is 0 Å². The molecule has 0 aliphatic heterocycles. The lowest BCUT2D eigenvalue weighted by atomic mass is 10.2. The number of esters is 1. The maximum Gasteiger partial charge on any atom is 0.387 e. The van der Waals surface area contributed by atoms with Gasteiger partial charge < -0.3 is 19.5 Å². The van der Waals surface area contributed by atoms with Crippen molar-refractivity contribution >= 4 is 17.6 Å². The van der Waals surface area contributed by atoms with Gasteiger partial charge in [0.15, 0.2) is 17.6 Å². The highest BCUT2D eigenvalue weighted by atomic mass is 19.3. The maximum atomic E-state index is 12.7. The molecule has 2 rings (SSSR count). The van der Waals surface area contributed by atoms with E-state index in [0.29, 0.717) is 11.4 Å². The number of rotatable bonds is 7. The first kappa shape index (κ1) is 21.1. The lowest BCUT2D eigenvalue weighted by Crippen LogP contribution is -2.30. The predicted molar refractivity (Wildman–Crippen MR) is 95.8 cm³/mol. The fourth-order valence-electron chi connectivity index (χ4n) is 2.50. The van der Waals surface area contributed by atoms with E-state index >= 15 is 0 Å². The Hall–Kier alpha value is -3.17. The van der Waals surface area contributed by atoms with Crippen LogP contribution in [0.15, 0.2) is 18.2 Å². The van der Waals surface area contributed by atoms with Crippen LogP contribution in [0.2, 0.25) is 0 Å². The van der Waals surface area contributed by atoms with E-state index in [4.69, 9.17) is 9.47 Å². The fourth-order valence-corrected chi connectivity index (χ4v) is 2.50. The topological polar surface area (TPSA) is 91.7 Å². The number of methoxy groups -OCH3 is 1. The van der Waals surface area contributed by atoms with Crippen LogP contribution >= 0.6 is 0 Å². The molecule has 1 unspecified atom stereocenters. The molecule has 0 radical (unpaired) electrons. The molecule has 1 aromatic heterocycles. The number of nitrogens with zero attached hydrogens (tertiary/aromatic N) is 2. The van der Waals surface area contributed by atoms with Gasteiger partial charge in [0.1, 0.15) is 5.56 Å². The van der Waals surface area contributed by atoms with E-state index in [1.54, 1.807) is 25.6 Å². The Bertz CT molecular complexity index is 882. The van der Waals surface area contributed by atoms with Crippen molar-refractivity contribution in [1.29, 1.82) is 0 Å². The Morgan fingerprint density at radius 2 is 1.93 bits per heavy atom. The summed E-state index contributed by atoms with van der Waals surface area (Å²) >= 11 is 0. The minimum Gasteiger partial charge on any atom is -0.493 e. The summed E-state index contributed by atoms with van der Waals surface area (Å²) in [6.45, 7) is 1.70. The molecule has 1 N–H and O–H groups in total. The minimum absolute atomic E-state index is 0.0616. The van der Waals surface area contributed by atoms with Crippen molar-refractivity contribution in [3.8, 4) is 11.5 Å². The Labute approximate surface area is 160 Å². The van der Waals surface area contributed by atoms with Crippen molar-refractivity contribution < 1.29 is 32.6 Å². The molecule has 0 saturated carbocycles. The zero-order valence-electron chi connectivity index (χ0n) is 16.1. The number of anilines is 1. The number of hydrogen-bond donors (Lipinski definition) is 1. The third-order valence-corrected chi connectivity index (χ3v) is 4.04. The molecule has 0 fully saturated rings. The van der Waals surface area contributed by atoms with Gasteiger partial charge in [0, 0.05) is 7.05 Å². The number of ether oxygens (including phenoxy) is 3.